The average Bonchev–Trinajstić information content (AvgIpc) is 2.51. The Morgan fingerprint density at radius 3 is 2.62 bits per heavy atom. The van der Waals surface area contributed by atoms with E-state index in [2.05, 4.69) is 4.90 Å². The first kappa shape index (κ1) is 16.6. The zero-order valence-electron chi connectivity index (χ0n) is 12.8. The summed E-state index contributed by atoms with van der Waals surface area (Å²) in [5, 5.41) is 0.726. The molecule has 0 aromatic heterocycles. The normalized spacial score (nSPS) is 18.7. The van der Waals surface area contributed by atoms with Crippen LogP contribution in [0.1, 0.15) is 24.4 Å². The lowest BCUT2D eigenvalue weighted by Gasteiger charge is -2.37. The topological polar surface area (TPSA) is 47.7 Å². The van der Waals surface area contributed by atoms with Crippen LogP contribution in [0.25, 0.3) is 0 Å². The number of likely N-dealkylation sites (tertiary alicyclic amines) is 1. The highest BCUT2D eigenvalue weighted by molar-refractivity contribution is 6.31. The van der Waals surface area contributed by atoms with Crippen molar-refractivity contribution in [1.29, 1.82) is 0 Å². The van der Waals surface area contributed by atoms with Crippen LogP contribution in [0.15, 0.2) is 18.2 Å². The quantitative estimate of drug-likeness (QED) is 0.877. The van der Waals surface area contributed by atoms with Crippen molar-refractivity contribution in [2.45, 2.75) is 18.9 Å². The van der Waals surface area contributed by atoms with E-state index in [-0.39, 0.29) is 6.04 Å². The third-order valence-electron chi connectivity index (χ3n) is 4.28. The van der Waals surface area contributed by atoms with Crippen molar-refractivity contribution in [3.8, 4) is 5.75 Å². The summed E-state index contributed by atoms with van der Waals surface area (Å²) in [5.74, 6) is 1.47. The summed E-state index contributed by atoms with van der Waals surface area (Å²) in [5.41, 5.74) is 7.05. The molecule has 118 valence electrons. The summed E-state index contributed by atoms with van der Waals surface area (Å²) in [6, 6.07) is 5.86. The first-order valence-corrected chi connectivity index (χ1v) is 7.84. The fourth-order valence-corrected chi connectivity index (χ4v) is 3.43. The number of hydrogen-bond donors (Lipinski definition) is 1. The molecule has 1 saturated heterocycles. The van der Waals surface area contributed by atoms with E-state index in [1.165, 1.54) is 0 Å². The maximum atomic E-state index is 6.40. The number of benzene rings is 1. The number of piperidine rings is 1. The van der Waals surface area contributed by atoms with Gasteiger partial charge in [0.2, 0.25) is 0 Å². The molecule has 1 atom stereocenters. The summed E-state index contributed by atoms with van der Waals surface area (Å²) in [4.78, 5) is 2.41. The van der Waals surface area contributed by atoms with Gasteiger partial charge in [-0.25, -0.2) is 0 Å². The van der Waals surface area contributed by atoms with Gasteiger partial charge in [-0.1, -0.05) is 17.7 Å². The summed E-state index contributed by atoms with van der Waals surface area (Å²) >= 11 is 6.40. The third-order valence-corrected chi connectivity index (χ3v) is 4.61. The standard InChI is InChI=1S/C16H25ClN2O2/c1-20-11-12-6-8-19(9-7-12)14(10-18)16-13(17)4-3-5-15(16)21-2/h3-5,12,14H,6-11,18H2,1-2H3. The molecule has 1 aromatic carbocycles. The van der Waals surface area contributed by atoms with Crippen LogP contribution in [-0.2, 0) is 4.74 Å². The van der Waals surface area contributed by atoms with Gasteiger partial charge in [0.25, 0.3) is 0 Å². The molecule has 1 fully saturated rings. The van der Waals surface area contributed by atoms with Crippen LogP contribution < -0.4 is 10.5 Å². The molecule has 21 heavy (non-hydrogen) atoms. The van der Waals surface area contributed by atoms with Gasteiger partial charge in [-0.2, -0.15) is 0 Å². The second-order valence-corrected chi connectivity index (χ2v) is 5.95. The lowest BCUT2D eigenvalue weighted by Crippen LogP contribution is -2.40. The van der Waals surface area contributed by atoms with E-state index < -0.39 is 0 Å². The number of methoxy groups -OCH3 is 2. The first-order valence-electron chi connectivity index (χ1n) is 7.46. The molecule has 0 bridgehead atoms. The van der Waals surface area contributed by atoms with E-state index in [0.29, 0.717) is 12.5 Å². The van der Waals surface area contributed by atoms with Crippen LogP contribution in [0.2, 0.25) is 5.02 Å². The van der Waals surface area contributed by atoms with Gasteiger partial charge < -0.3 is 15.2 Å². The van der Waals surface area contributed by atoms with Crippen molar-refractivity contribution >= 4 is 11.6 Å². The summed E-state index contributed by atoms with van der Waals surface area (Å²) in [7, 11) is 3.44. The number of hydrogen-bond acceptors (Lipinski definition) is 4. The zero-order chi connectivity index (χ0) is 15.2. The lowest BCUT2D eigenvalue weighted by molar-refractivity contribution is 0.0804. The minimum atomic E-state index is 0.108. The summed E-state index contributed by atoms with van der Waals surface area (Å²) < 4.78 is 10.7. The van der Waals surface area contributed by atoms with E-state index in [1.807, 2.05) is 18.2 Å². The molecule has 0 saturated carbocycles. The molecule has 5 heteroatoms. The van der Waals surface area contributed by atoms with Gasteiger partial charge >= 0.3 is 0 Å². The Bertz CT molecular complexity index is 448. The van der Waals surface area contributed by atoms with Crippen LogP contribution in [0, 0.1) is 5.92 Å². The fraction of sp³-hybridized carbons (Fsp3) is 0.625. The zero-order valence-corrected chi connectivity index (χ0v) is 13.6. The highest BCUT2D eigenvalue weighted by Crippen LogP contribution is 2.36. The van der Waals surface area contributed by atoms with Crippen molar-refractivity contribution < 1.29 is 9.47 Å². The Kier molecular flexibility index (Phi) is 6.30. The number of ether oxygens (including phenoxy) is 2. The van der Waals surface area contributed by atoms with Crippen LogP contribution in [-0.4, -0.2) is 45.4 Å². The molecule has 1 heterocycles. The predicted octanol–water partition coefficient (Wildman–Crippen LogP) is 2.71. The van der Waals surface area contributed by atoms with Crippen molar-refractivity contribution in [2.24, 2.45) is 11.7 Å². The van der Waals surface area contributed by atoms with Gasteiger partial charge in [-0.15, -0.1) is 0 Å². The highest BCUT2D eigenvalue weighted by atomic mass is 35.5. The molecule has 1 aliphatic heterocycles. The minimum absolute atomic E-state index is 0.108. The SMILES string of the molecule is COCC1CCN(C(CN)c2c(Cl)cccc2OC)CC1. The van der Waals surface area contributed by atoms with Crippen molar-refractivity contribution in [2.75, 3.05) is 40.5 Å². The molecule has 1 unspecified atom stereocenters. The molecule has 2 N–H and O–H groups in total. The maximum Gasteiger partial charge on any atom is 0.125 e. The third kappa shape index (κ3) is 3.89. The fourth-order valence-electron chi connectivity index (χ4n) is 3.14. The van der Waals surface area contributed by atoms with E-state index in [1.54, 1.807) is 14.2 Å². The van der Waals surface area contributed by atoms with E-state index in [9.17, 15) is 0 Å². The number of halogens is 1. The van der Waals surface area contributed by atoms with E-state index >= 15 is 0 Å². The Labute approximate surface area is 132 Å². The Hall–Kier alpha value is -0.810. The van der Waals surface area contributed by atoms with Gasteiger partial charge in [-0.3, -0.25) is 4.90 Å². The second-order valence-electron chi connectivity index (χ2n) is 5.54. The van der Waals surface area contributed by atoms with Gasteiger partial charge in [0.1, 0.15) is 5.75 Å². The maximum absolute atomic E-state index is 6.40. The number of nitrogens with zero attached hydrogens (tertiary/aromatic N) is 1. The molecule has 0 aliphatic carbocycles. The van der Waals surface area contributed by atoms with Gasteiger partial charge in [0.15, 0.2) is 0 Å². The number of nitrogens with two attached hydrogens (primary N) is 1. The van der Waals surface area contributed by atoms with Gasteiger partial charge in [-0.05, 0) is 44.0 Å². The van der Waals surface area contributed by atoms with Crippen LogP contribution >= 0.6 is 11.6 Å². The van der Waals surface area contributed by atoms with Crippen molar-refractivity contribution in [3.63, 3.8) is 0 Å². The smallest absolute Gasteiger partial charge is 0.125 e. The summed E-state index contributed by atoms with van der Waals surface area (Å²) in [6.07, 6.45) is 2.27. The van der Waals surface area contributed by atoms with E-state index in [0.717, 1.165) is 48.9 Å². The van der Waals surface area contributed by atoms with Crippen molar-refractivity contribution in [3.05, 3.63) is 28.8 Å². The molecular weight excluding hydrogens is 288 g/mol. The van der Waals surface area contributed by atoms with Crippen LogP contribution in [0.4, 0.5) is 0 Å². The molecule has 1 aromatic rings. The molecule has 0 radical (unpaired) electrons. The molecule has 2 rings (SSSR count). The van der Waals surface area contributed by atoms with Gasteiger partial charge in [0.05, 0.1) is 13.2 Å². The highest BCUT2D eigenvalue weighted by Gasteiger charge is 2.28. The van der Waals surface area contributed by atoms with E-state index in [4.69, 9.17) is 26.8 Å². The molecule has 0 amide bonds. The largest absolute Gasteiger partial charge is 0.496 e. The predicted molar refractivity (Wildman–Crippen MR) is 86.0 cm³/mol. The molecule has 4 nitrogen and oxygen atoms in total. The Morgan fingerprint density at radius 1 is 1.33 bits per heavy atom. The van der Waals surface area contributed by atoms with Crippen LogP contribution in [0.3, 0.4) is 0 Å². The molecule has 0 spiro atoms. The molecule has 1 aliphatic rings. The van der Waals surface area contributed by atoms with Crippen molar-refractivity contribution in [1.82, 2.24) is 4.90 Å². The first-order chi connectivity index (χ1) is 10.2. The Balaban J connectivity index is 2.14. The lowest BCUT2D eigenvalue weighted by atomic mass is 9.94. The Morgan fingerprint density at radius 2 is 2.05 bits per heavy atom. The van der Waals surface area contributed by atoms with Crippen LogP contribution in [0.5, 0.6) is 5.75 Å². The molecular formula is C16H25ClN2O2. The second kappa shape index (κ2) is 7.99. The monoisotopic (exact) mass is 312 g/mol. The van der Waals surface area contributed by atoms with Gasteiger partial charge in [0, 0.05) is 30.8 Å². The summed E-state index contributed by atoms with van der Waals surface area (Å²) in [6.45, 7) is 3.42. The number of rotatable bonds is 6. The minimum Gasteiger partial charge on any atom is -0.496 e. The average molecular weight is 313 g/mol.